The van der Waals surface area contributed by atoms with Crippen molar-refractivity contribution in [1.29, 1.82) is 0 Å². The van der Waals surface area contributed by atoms with Crippen molar-refractivity contribution < 1.29 is 14.4 Å². The van der Waals surface area contributed by atoms with Gasteiger partial charge in [0.1, 0.15) is 0 Å². The maximum atomic E-state index is 13.6. The molecular formula is C25H32N4O3S. The highest BCUT2D eigenvalue weighted by molar-refractivity contribution is 7.10. The Morgan fingerprint density at radius 2 is 1.79 bits per heavy atom. The molecule has 1 aromatic carbocycles. The Hall–Kier alpha value is -2.71. The summed E-state index contributed by atoms with van der Waals surface area (Å²) in [7, 11) is 0. The van der Waals surface area contributed by atoms with E-state index in [-0.39, 0.29) is 36.2 Å². The molecule has 3 amide bonds. The van der Waals surface area contributed by atoms with E-state index >= 15 is 0 Å². The summed E-state index contributed by atoms with van der Waals surface area (Å²) in [4.78, 5) is 45.6. The maximum Gasteiger partial charge on any atom is 0.234 e. The smallest absolute Gasteiger partial charge is 0.234 e. The molecule has 2 saturated heterocycles. The number of benzene rings is 1. The molecule has 2 unspecified atom stereocenters. The van der Waals surface area contributed by atoms with Crippen LogP contribution in [0.2, 0.25) is 0 Å². The Bertz CT molecular complexity index is 982. The van der Waals surface area contributed by atoms with Crippen molar-refractivity contribution in [2.45, 2.75) is 39.3 Å². The van der Waals surface area contributed by atoms with Gasteiger partial charge in [-0.1, -0.05) is 23.8 Å². The largest absolute Gasteiger partial charge is 0.353 e. The van der Waals surface area contributed by atoms with E-state index in [1.807, 2.05) is 67.4 Å². The minimum absolute atomic E-state index is 0.0117. The average molecular weight is 469 g/mol. The normalized spacial score (nSPS) is 21.6. The van der Waals surface area contributed by atoms with E-state index in [9.17, 15) is 14.4 Å². The molecule has 2 atom stereocenters. The van der Waals surface area contributed by atoms with Crippen molar-refractivity contribution in [1.82, 2.24) is 15.1 Å². The Kier molecular flexibility index (Phi) is 7.14. The third-order valence-corrected chi connectivity index (χ3v) is 7.23. The summed E-state index contributed by atoms with van der Waals surface area (Å²) >= 11 is 1.59. The Labute approximate surface area is 199 Å². The van der Waals surface area contributed by atoms with Crippen LogP contribution in [0.15, 0.2) is 41.8 Å². The summed E-state index contributed by atoms with van der Waals surface area (Å²) in [5.41, 5.74) is 1.96. The monoisotopic (exact) mass is 468 g/mol. The van der Waals surface area contributed by atoms with Gasteiger partial charge in [0.25, 0.3) is 0 Å². The van der Waals surface area contributed by atoms with Crippen LogP contribution in [0.3, 0.4) is 0 Å². The molecule has 4 rings (SSSR count). The Morgan fingerprint density at radius 3 is 2.39 bits per heavy atom. The van der Waals surface area contributed by atoms with Crippen LogP contribution in [0, 0.1) is 12.8 Å². The van der Waals surface area contributed by atoms with Gasteiger partial charge in [-0.25, -0.2) is 0 Å². The molecule has 2 aliphatic heterocycles. The Morgan fingerprint density at radius 1 is 1.09 bits per heavy atom. The number of amides is 3. The molecule has 3 heterocycles. The third-order valence-electron chi connectivity index (χ3n) is 6.29. The second-order valence-electron chi connectivity index (χ2n) is 9.19. The number of aryl methyl sites for hydroxylation is 1. The van der Waals surface area contributed by atoms with Crippen LogP contribution in [-0.4, -0.2) is 66.3 Å². The fourth-order valence-corrected chi connectivity index (χ4v) is 5.56. The van der Waals surface area contributed by atoms with E-state index in [1.54, 1.807) is 16.2 Å². The standard InChI is InChI=1S/C25H32N4O3S/c1-17(2)26-22(30)16-27-10-12-28(13-11-27)25(32)20-15-23(31)29(19-8-6-18(3)7-9-19)24(20)21-5-4-14-33-21/h4-9,14,17,20,24H,10-13,15-16H2,1-3H3,(H,26,30). The van der Waals surface area contributed by atoms with Gasteiger partial charge in [-0.15, -0.1) is 11.3 Å². The second kappa shape index (κ2) is 10.1. The molecule has 1 aromatic heterocycles. The van der Waals surface area contributed by atoms with E-state index in [4.69, 9.17) is 0 Å². The van der Waals surface area contributed by atoms with Crippen molar-refractivity contribution in [3.63, 3.8) is 0 Å². The van der Waals surface area contributed by atoms with E-state index in [2.05, 4.69) is 10.2 Å². The molecule has 1 N–H and O–H groups in total. The summed E-state index contributed by atoms with van der Waals surface area (Å²) in [6.45, 7) is 8.71. The summed E-state index contributed by atoms with van der Waals surface area (Å²) in [5, 5.41) is 4.91. The van der Waals surface area contributed by atoms with Crippen LogP contribution in [0.4, 0.5) is 5.69 Å². The van der Waals surface area contributed by atoms with Gasteiger partial charge in [-0.05, 0) is 44.4 Å². The molecule has 2 aliphatic rings. The molecule has 0 saturated carbocycles. The molecule has 2 fully saturated rings. The number of nitrogens with one attached hydrogen (secondary N) is 1. The molecule has 0 aliphatic carbocycles. The van der Waals surface area contributed by atoms with Crippen LogP contribution in [0.1, 0.15) is 36.8 Å². The zero-order valence-corrected chi connectivity index (χ0v) is 20.3. The number of rotatable bonds is 6. The first-order chi connectivity index (χ1) is 15.8. The van der Waals surface area contributed by atoms with Gasteiger partial charge in [-0.3, -0.25) is 19.3 Å². The van der Waals surface area contributed by atoms with Crippen LogP contribution >= 0.6 is 11.3 Å². The lowest BCUT2D eigenvalue weighted by molar-refractivity contribution is -0.138. The Balaban J connectivity index is 1.47. The first kappa shape index (κ1) is 23.4. The van der Waals surface area contributed by atoms with Gasteiger partial charge >= 0.3 is 0 Å². The minimum Gasteiger partial charge on any atom is -0.353 e. The van der Waals surface area contributed by atoms with E-state index in [0.29, 0.717) is 32.7 Å². The number of carbonyl (C=O) groups excluding carboxylic acids is 3. The van der Waals surface area contributed by atoms with E-state index < -0.39 is 5.92 Å². The molecule has 0 bridgehead atoms. The number of carbonyl (C=O) groups is 3. The topological polar surface area (TPSA) is 73.0 Å². The molecule has 0 spiro atoms. The quantitative estimate of drug-likeness (QED) is 0.708. The predicted molar refractivity (Wildman–Crippen MR) is 130 cm³/mol. The molecule has 8 heteroatoms. The van der Waals surface area contributed by atoms with E-state index in [0.717, 1.165) is 16.1 Å². The number of anilines is 1. The number of hydrogen-bond donors (Lipinski definition) is 1. The van der Waals surface area contributed by atoms with Gasteiger partial charge in [0, 0.05) is 49.2 Å². The number of hydrogen-bond acceptors (Lipinski definition) is 5. The first-order valence-electron chi connectivity index (χ1n) is 11.6. The SMILES string of the molecule is Cc1ccc(N2C(=O)CC(C(=O)N3CCN(CC(=O)NC(C)C)CC3)C2c2cccs2)cc1. The van der Waals surface area contributed by atoms with Crippen LogP contribution in [0.25, 0.3) is 0 Å². The number of nitrogens with zero attached hydrogens (tertiary/aromatic N) is 3. The van der Waals surface area contributed by atoms with Crippen molar-refractivity contribution in [3.05, 3.63) is 52.2 Å². The predicted octanol–water partition coefficient (Wildman–Crippen LogP) is 2.82. The van der Waals surface area contributed by atoms with Crippen molar-refractivity contribution >= 4 is 34.7 Å². The highest BCUT2D eigenvalue weighted by Gasteiger charge is 2.47. The lowest BCUT2D eigenvalue weighted by atomic mass is 9.96. The summed E-state index contributed by atoms with van der Waals surface area (Å²) in [5.74, 6) is -0.381. The maximum absolute atomic E-state index is 13.6. The van der Waals surface area contributed by atoms with Crippen LogP contribution in [0.5, 0.6) is 0 Å². The van der Waals surface area contributed by atoms with Gasteiger partial charge < -0.3 is 15.1 Å². The van der Waals surface area contributed by atoms with Gasteiger partial charge in [0.05, 0.1) is 18.5 Å². The molecule has 2 aromatic rings. The fraction of sp³-hybridized carbons (Fsp3) is 0.480. The van der Waals surface area contributed by atoms with Gasteiger partial charge in [0.2, 0.25) is 17.7 Å². The van der Waals surface area contributed by atoms with Crippen molar-refractivity contribution in [3.8, 4) is 0 Å². The highest BCUT2D eigenvalue weighted by atomic mass is 32.1. The highest BCUT2D eigenvalue weighted by Crippen LogP contribution is 2.43. The summed E-state index contributed by atoms with van der Waals surface area (Å²) in [6.07, 6.45) is 0.215. The molecule has 176 valence electrons. The van der Waals surface area contributed by atoms with Gasteiger partial charge in [0.15, 0.2) is 0 Å². The molecule has 0 radical (unpaired) electrons. The number of piperazine rings is 1. The van der Waals surface area contributed by atoms with Gasteiger partial charge in [-0.2, -0.15) is 0 Å². The lowest BCUT2D eigenvalue weighted by Gasteiger charge is -2.37. The lowest BCUT2D eigenvalue weighted by Crippen LogP contribution is -2.53. The third kappa shape index (κ3) is 5.28. The average Bonchev–Trinajstić information content (AvgIpc) is 3.41. The molecular weight excluding hydrogens is 436 g/mol. The fourth-order valence-electron chi connectivity index (χ4n) is 4.68. The van der Waals surface area contributed by atoms with Crippen molar-refractivity contribution in [2.75, 3.05) is 37.6 Å². The summed E-state index contributed by atoms with van der Waals surface area (Å²) < 4.78 is 0. The second-order valence-corrected chi connectivity index (χ2v) is 10.2. The first-order valence-corrected chi connectivity index (χ1v) is 12.4. The zero-order valence-electron chi connectivity index (χ0n) is 19.5. The van der Waals surface area contributed by atoms with E-state index in [1.165, 1.54) is 0 Å². The zero-order chi connectivity index (χ0) is 23.5. The molecule has 7 nitrogen and oxygen atoms in total. The van der Waals surface area contributed by atoms with Crippen LogP contribution < -0.4 is 10.2 Å². The van der Waals surface area contributed by atoms with Crippen LogP contribution in [-0.2, 0) is 14.4 Å². The summed E-state index contributed by atoms with van der Waals surface area (Å²) in [6, 6.07) is 11.7. The minimum atomic E-state index is -0.409. The molecule has 33 heavy (non-hydrogen) atoms. The number of thiophene rings is 1. The van der Waals surface area contributed by atoms with Crippen molar-refractivity contribution in [2.24, 2.45) is 5.92 Å².